The molecule has 1 rings (SSSR count). The first kappa shape index (κ1) is 27.8. The van der Waals surface area contributed by atoms with Crippen molar-refractivity contribution in [2.24, 2.45) is 5.92 Å². The number of nitrogens with zero attached hydrogens (tertiary/aromatic N) is 1. The summed E-state index contributed by atoms with van der Waals surface area (Å²) in [4.78, 5) is 40.1. The van der Waals surface area contributed by atoms with Crippen LogP contribution in [0.2, 0.25) is 0 Å². The lowest BCUT2D eigenvalue weighted by Crippen LogP contribution is -2.53. The quantitative estimate of drug-likeness (QED) is 0.314. The van der Waals surface area contributed by atoms with E-state index in [4.69, 9.17) is 11.2 Å². The molecule has 0 heterocycles. The van der Waals surface area contributed by atoms with Crippen LogP contribution in [0.15, 0.2) is 30.8 Å². The molecule has 0 aliphatic heterocycles. The Bertz CT molecular complexity index is 880. The van der Waals surface area contributed by atoms with Gasteiger partial charge in [-0.3, -0.25) is 14.5 Å². The van der Waals surface area contributed by atoms with Gasteiger partial charge < -0.3 is 15.4 Å². The van der Waals surface area contributed by atoms with Crippen molar-refractivity contribution in [3.63, 3.8) is 0 Å². The largest absolute Gasteiger partial charge is 0.444 e. The van der Waals surface area contributed by atoms with Crippen molar-refractivity contribution < 1.29 is 19.1 Å². The third-order valence-corrected chi connectivity index (χ3v) is 4.78. The molecule has 0 spiro atoms. The Morgan fingerprint density at radius 1 is 1.27 bits per heavy atom. The second-order valence-electron chi connectivity index (χ2n) is 9.13. The average molecular weight is 456 g/mol. The summed E-state index contributed by atoms with van der Waals surface area (Å²) in [7, 11) is 0. The number of carbonyl (C=O) groups excluding carboxylic acids is 3. The monoisotopic (exact) mass is 455 g/mol. The van der Waals surface area contributed by atoms with E-state index in [1.165, 1.54) is 0 Å². The van der Waals surface area contributed by atoms with Crippen molar-refractivity contribution in [1.82, 2.24) is 15.5 Å². The van der Waals surface area contributed by atoms with E-state index in [-0.39, 0.29) is 5.92 Å². The van der Waals surface area contributed by atoms with Crippen molar-refractivity contribution in [3.05, 3.63) is 42.0 Å². The molecule has 0 bridgehead atoms. The Kier molecular flexibility index (Phi) is 10.7. The second kappa shape index (κ2) is 12.7. The van der Waals surface area contributed by atoms with Gasteiger partial charge in [-0.05, 0) is 50.3 Å². The van der Waals surface area contributed by atoms with E-state index in [1.807, 2.05) is 13.0 Å². The summed E-state index contributed by atoms with van der Waals surface area (Å²) in [6.45, 7) is 15.0. The Labute approximate surface area is 197 Å². The van der Waals surface area contributed by atoms with E-state index in [2.05, 4.69) is 23.3 Å². The molecule has 180 valence electrons. The van der Waals surface area contributed by atoms with E-state index in [0.29, 0.717) is 12.1 Å². The van der Waals surface area contributed by atoms with E-state index in [1.54, 1.807) is 58.9 Å². The second-order valence-corrected chi connectivity index (χ2v) is 9.13. The summed E-state index contributed by atoms with van der Waals surface area (Å²) in [6, 6.07) is 7.43. The predicted octanol–water partition coefficient (Wildman–Crippen LogP) is 4.26. The maximum atomic E-state index is 13.5. The van der Waals surface area contributed by atoms with E-state index >= 15 is 0 Å². The average Bonchev–Trinajstić information content (AvgIpc) is 2.73. The van der Waals surface area contributed by atoms with Crippen molar-refractivity contribution in [2.45, 2.75) is 72.1 Å². The lowest BCUT2D eigenvalue weighted by molar-refractivity contribution is -0.139. The van der Waals surface area contributed by atoms with Gasteiger partial charge in [0.15, 0.2) is 0 Å². The number of carbonyl (C=O) groups is 3. The van der Waals surface area contributed by atoms with Crippen LogP contribution in [0.5, 0.6) is 0 Å². The lowest BCUT2D eigenvalue weighted by Gasteiger charge is -2.32. The van der Waals surface area contributed by atoms with Gasteiger partial charge in [-0.15, -0.1) is 0 Å². The molecule has 1 aromatic carbocycles. The van der Waals surface area contributed by atoms with Crippen molar-refractivity contribution in [2.75, 3.05) is 6.54 Å². The smallest absolute Gasteiger partial charge is 0.408 e. The molecule has 0 aromatic heterocycles. The first-order valence-electron chi connectivity index (χ1n) is 11.2. The Hall–Kier alpha value is -3.27. The van der Waals surface area contributed by atoms with Gasteiger partial charge in [0, 0.05) is 12.6 Å². The summed E-state index contributed by atoms with van der Waals surface area (Å²) in [5.74, 6) is -1.27. The summed E-state index contributed by atoms with van der Waals surface area (Å²) in [5, 5.41) is 5.47. The van der Waals surface area contributed by atoms with Gasteiger partial charge in [0.25, 0.3) is 5.91 Å². The number of hydrogen-bond donors (Lipinski definition) is 2. The minimum atomic E-state index is -1.07. The van der Waals surface area contributed by atoms with Gasteiger partial charge in [-0.2, -0.15) is 0 Å². The van der Waals surface area contributed by atoms with Crippen molar-refractivity contribution >= 4 is 24.0 Å². The van der Waals surface area contributed by atoms with Crippen LogP contribution in [-0.2, 0) is 14.3 Å². The first-order valence-corrected chi connectivity index (χ1v) is 11.2. The summed E-state index contributed by atoms with van der Waals surface area (Å²) in [5.41, 5.74) is 0.607. The first-order chi connectivity index (χ1) is 15.4. The fourth-order valence-electron chi connectivity index (χ4n) is 3.12. The molecular weight excluding hydrogens is 418 g/mol. The van der Waals surface area contributed by atoms with Crippen LogP contribution in [0.4, 0.5) is 4.79 Å². The minimum Gasteiger partial charge on any atom is -0.444 e. The van der Waals surface area contributed by atoms with Gasteiger partial charge in [0.2, 0.25) is 5.91 Å². The number of amides is 3. The molecule has 0 aliphatic carbocycles. The molecule has 0 saturated carbocycles. The highest BCUT2D eigenvalue weighted by atomic mass is 16.6. The van der Waals surface area contributed by atoms with Crippen molar-refractivity contribution in [3.8, 4) is 12.5 Å². The highest BCUT2D eigenvalue weighted by Gasteiger charge is 2.37. The normalized spacial score (nSPS) is 12.8. The van der Waals surface area contributed by atoms with E-state index in [0.717, 1.165) is 23.3 Å². The van der Waals surface area contributed by atoms with Gasteiger partial charge in [-0.25, -0.2) is 4.79 Å². The molecule has 3 amide bonds. The molecule has 7 nitrogen and oxygen atoms in total. The zero-order chi connectivity index (χ0) is 25.2. The lowest BCUT2D eigenvalue weighted by atomic mass is 9.98. The van der Waals surface area contributed by atoms with Gasteiger partial charge in [0.05, 0.1) is 0 Å². The number of ether oxygens (including phenoxy) is 1. The molecule has 2 N–H and O–H groups in total. The number of terminal acetylenes is 1. The molecule has 2 unspecified atom stereocenters. The van der Waals surface area contributed by atoms with Crippen LogP contribution in [0.1, 0.15) is 71.6 Å². The molecule has 7 heteroatoms. The third kappa shape index (κ3) is 8.64. The van der Waals surface area contributed by atoms with E-state index < -0.39 is 35.6 Å². The molecule has 0 radical (unpaired) electrons. The Morgan fingerprint density at radius 3 is 2.45 bits per heavy atom. The Morgan fingerprint density at radius 2 is 1.94 bits per heavy atom. The SMILES string of the molecule is C#CN(C(=O)C(NC(=O)OC(C)(C)C)C(C)C)C(C(=O)NCCCC)c1cccc(C=C)c1. The van der Waals surface area contributed by atoms with Crippen LogP contribution in [0, 0.1) is 18.4 Å². The summed E-state index contributed by atoms with van der Waals surface area (Å²) < 4.78 is 5.31. The maximum Gasteiger partial charge on any atom is 0.408 e. The molecule has 2 atom stereocenters. The fraction of sp³-hybridized carbons (Fsp3) is 0.500. The van der Waals surface area contributed by atoms with Crippen molar-refractivity contribution in [1.29, 1.82) is 0 Å². The molecule has 1 aromatic rings. The van der Waals surface area contributed by atoms with Gasteiger partial charge >= 0.3 is 6.09 Å². The topological polar surface area (TPSA) is 87.7 Å². The fourth-order valence-corrected chi connectivity index (χ4v) is 3.12. The number of benzene rings is 1. The molecular formula is C26H37N3O4. The molecule has 33 heavy (non-hydrogen) atoms. The molecule has 0 fully saturated rings. The number of hydrogen-bond acceptors (Lipinski definition) is 4. The highest BCUT2D eigenvalue weighted by molar-refractivity contribution is 5.93. The molecule has 0 aliphatic rings. The molecule has 0 saturated heterocycles. The number of nitrogens with one attached hydrogen (secondary N) is 2. The van der Waals surface area contributed by atoms with E-state index in [9.17, 15) is 14.4 Å². The third-order valence-electron chi connectivity index (χ3n) is 4.78. The highest BCUT2D eigenvalue weighted by Crippen LogP contribution is 2.24. The van der Waals surface area contributed by atoms with Gasteiger partial charge in [0.1, 0.15) is 17.7 Å². The summed E-state index contributed by atoms with van der Waals surface area (Å²) in [6.07, 6.45) is 8.38. The van der Waals surface area contributed by atoms with Crippen LogP contribution in [0.25, 0.3) is 6.08 Å². The number of unbranched alkanes of at least 4 members (excludes halogenated alkanes) is 1. The minimum absolute atomic E-state index is 0.302. The number of rotatable bonds is 10. The van der Waals surface area contributed by atoms with Gasteiger partial charge in [-0.1, -0.05) is 64.5 Å². The zero-order valence-corrected chi connectivity index (χ0v) is 20.6. The zero-order valence-electron chi connectivity index (χ0n) is 20.6. The summed E-state index contributed by atoms with van der Waals surface area (Å²) >= 11 is 0. The van der Waals surface area contributed by atoms with Crippen LogP contribution < -0.4 is 10.6 Å². The number of alkyl carbamates (subject to hydrolysis) is 1. The standard InChI is InChI=1S/C26H37N3O4/c1-9-12-16-27-23(30)22(20-15-13-14-19(10-2)17-20)29(11-3)24(31)21(18(4)5)28-25(32)33-26(6,7)8/h3,10,13-15,17-18,21-22H,2,9,12,16H2,1,4-8H3,(H,27,30)(H,28,32). The van der Waals surface area contributed by atoms with Crippen LogP contribution >= 0.6 is 0 Å². The Balaban J connectivity index is 3.34. The predicted molar refractivity (Wildman–Crippen MR) is 131 cm³/mol. The van der Waals surface area contributed by atoms with Crippen LogP contribution in [0.3, 0.4) is 0 Å². The maximum absolute atomic E-state index is 13.5. The van der Waals surface area contributed by atoms with Crippen LogP contribution in [-0.4, -0.2) is 41.0 Å².